The van der Waals surface area contributed by atoms with Crippen LogP contribution in [0.3, 0.4) is 0 Å². The van der Waals surface area contributed by atoms with Crippen molar-refractivity contribution in [3.05, 3.63) is 0 Å². The van der Waals surface area contributed by atoms with E-state index in [0.29, 0.717) is 13.0 Å². The summed E-state index contributed by atoms with van der Waals surface area (Å²) in [5, 5.41) is 3.44. The maximum absolute atomic E-state index is 11.2. The summed E-state index contributed by atoms with van der Waals surface area (Å²) in [6.45, 7) is 3.08. The lowest BCUT2D eigenvalue weighted by Crippen LogP contribution is -2.45. The number of hydrogen-bond donors (Lipinski definition) is 1. The van der Waals surface area contributed by atoms with E-state index in [0.717, 1.165) is 25.8 Å². The summed E-state index contributed by atoms with van der Waals surface area (Å²) >= 11 is 0. The normalized spacial score (nSPS) is 18.4. The van der Waals surface area contributed by atoms with Gasteiger partial charge in [-0.2, -0.15) is 0 Å². The van der Waals surface area contributed by atoms with Gasteiger partial charge in [0.25, 0.3) is 0 Å². The van der Waals surface area contributed by atoms with Gasteiger partial charge >= 0.3 is 5.97 Å². The highest BCUT2D eigenvalue weighted by Gasteiger charge is 2.28. The van der Waals surface area contributed by atoms with Gasteiger partial charge in [0.1, 0.15) is 0 Å². The number of hydrogen-bond acceptors (Lipinski definition) is 3. The Morgan fingerprint density at radius 1 is 1.41 bits per heavy atom. The average Bonchev–Trinajstić information content (AvgIpc) is 2.36. The maximum atomic E-state index is 11.2. The van der Waals surface area contributed by atoms with E-state index in [-0.39, 0.29) is 11.5 Å². The standard InChI is InChI=1S/C14H23NO2/c1-3-14(10-6-5-7-11-14)15-12-8-9-13(16)17-4-2/h1,15H,4-12H2,2H3. The van der Waals surface area contributed by atoms with Crippen LogP contribution >= 0.6 is 0 Å². The van der Waals surface area contributed by atoms with Crippen molar-refractivity contribution >= 4 is 5.97 Å². The van der Waals surface area contributed by atoms with E-state index in [9.17, 15) is 4.79 Å². The zero-order chi connectivity index (χ0) is 12.6. The number of nitrogens with one attached hydrogen (secondary N) is 1. The van der Waals surface area contributed by atoms with Crippen LogP contribution in [-0.4, -0.2) is 24.7 Å². The molecule has 0 heterocycles. The summed E-state index contributed by atoms with van der Waals surface area (Å²) in [5.74, 6) is 2.79. The smallest absolute Gasteiger partial charge is 0.305 e. The van der Waals surface area contributed by atoms with Gasteiger partial charge in [0.05, 0.1) is 12.1 Å². The Hall–Kier alpha value is -1.01. The molecule has 0 aliphatic heterocycles. The number of carbonyl (C=O) groups is 1. The van der Waals surface area contributed by atoms with Crippen LogP contribution in [0.15, 0.2) is 0 Å². The summed E-state index contributed by atoms with van der Waals surface area (Å²) in [4.78, 5) is 11.2. The second-order valence-corrected chi connectivity index (χ2v) is 4.62. The summed E-state index contributed by atoms with van der Waals surface area (Å²) in [7, 11) is 0. The first kappa shape index (κ1) is 14.1. The van der Waals surface area contributed by atoms with Gasteiger partial charge in [-0.25, -0.2) is 0 Å². The molecule has 1 aliphatic carbocycles. The van der Waals surface area contributed by atoms with Crippen molar-refractivity contribution in [3.8, 4) is 12.3 Å². The van der Waals surface area contributed by atoms with Crippen molar-refractivity contribution in [3.63, 3.8) is 0 Å². The molecule has 1 saturated carbocycles. The van der Waals surface area contributed by atoms with Crippen LogP contribution in [0.2, 0.25) is 0 Å². The summed E-state index contributed by atoms with van der Waals surface area (Å²) in [6, 6.07) is 0. The molecule has 0 radical (unpaired) electrons. The van der Waals surface area contributed by atoms with Crippen LogP contribution in [0.25, 0.3) is 0 Å². The molecule has 0 aromatic rings. The van der Waals surface area contributed by atoms with Gasteiger partial charge in [-0.3, -0.25) is 4.79 Å². The monoisotopic (exact) mass is 237 g/mol. The van der Waals surface area contributed by atoms with Crippen LogP contribution in [0.5, 0.6) is 0 Å². The van der Waals surface area contributed by atoms with E-state index in [1.165, 1.54) is 19.3 Å². The minimum Gasteiger partial charge on any atom is -0.466 e. The molecule has 0 unspecified atom stereocenters. The summed E-state index contributed by atoms with van der Waals surface area (Å²) < 4.78 is 4.88. The Kier molecular flexibility index (Phi) is 6.07. The highest BCUT2D eigenvalue weighted by molar-refractivity contribution is 5.69. The van der Waals surface area contributed by atoms with Gasteiger partial charge in [-0.1, -0.05) is 25.2 Å². The number of esters is 1. The maximum Gasteiger partial charge on any atom is 0.305 e. The molecule has 0 atom stereocenters. The molecular weight excluding hydrogens is 214 g/mol. The zero-order valence-corrected chi connectivity index (χ0v) is 10.8. The van der Waals surface area contributed by atoms with Crippen LogP contribution < -0.4 is 5.32 Å². The van der Waals surface area contributed by atoms with E-state index >= 15 is 0 Å². The van der Waals surface area contributed by atoms with Gasteiger partial charge in [-0.05, 0) is 32.7 Å². The van der Waals surface area contributed by atoms with E-state index < -0.39 is 0 Å². The second-order valence-electron chi connectivity index (χ2n) is 4.62. The third-order valence-electron chi connectivity index (χ3n) is 3.31. The third kappa shape index (κ3) is 4.79. The minimum absolute atomic E-state index is 0.118. The van der Waals surface area contributed by atoms with Crippen molar-refractivity contribution in [2.75, 3.05) is 13.2 Å². The summed E-state index contributed by atoms with van der Waals surface area (Å²) in [6.07, 6.45) is 12.7. The zero-order valence-electron chi connectivity index (χ0n) is 10.8. The largest absolute Gasteiger partial charge is 0.466 e. The van der Waals surface area contributed by atoms with Crippen molar-refractivity contribution in [1.82, 2.24) is 5.32 Å². The molecule has 0 aromatic heterocycles. The number of ether oxygens (including phenoxy) is 1. The second kappa shape index (κ2) is 7.34. The van der Waals surface area contributed by atoms with Gasteiger partial charge in [-0.15, -0.1) is 6.42 Å². The Morgan fingerprint density at radius 2 is 2.12 bits per heavy atom. The van der Waals surface area contributed by atoms with E-state index in [2.05, 4.69) is 11.2 Å². The molecule has 96 valence electrons. The van der Waals surface area contributed by atoms with Gasteiger partial charge < -0.3 is 10.1 Å². The van der Waals surface area contributed by atoms with Crippen molar-refractivity contribution < 1.29 is 9.53 Å². The molecule has 0 aromatic carbocycles. The molecule has 3 heteroatoms. The van der Waals surface area contributed by atoms with Crippen molar-refractivity contribution in [2.24, 2.45) is 0 Å². The van der Waals surface area contributed by atoms with Crippen LogP contribution in [-0.2, 0) is 9.53 Å². The van der Waals surface area contributed by atoms with E-state index in [1.807, 2.05) is 6.92 Å². The Bertz CT molecular complexity index is 274. The molecule has 0 amide bonds. The van der Waals surface area contributed by atoms with Crippen molar-refractivity contribution in [2.45, 2.75) is 57.4 Å². The Balaban J connectivity index is 2.20. The SMILES string of the molecule is C#CC1(NCCCC(=O)OCC)CCCCC1. The van der Waals surface area contributed by atoms with Gasteiger partial charge in [0.15, 0.2) is 0 Å². The molecule has 0 bridgehead atoms. The highest BCUT2D eigenvalue weighted by Crippen LogP contribution is 2.27. The molecule has 0 saturated heterocycles. The van der Waals surface area contributed by atoms with E-state index in [1.54, 1.807) is 0 Å². The molecule has 1 aliphatic rings. The lowest BCUT2D eigenvalue weighted by atomic mass is 9.82. The third-order valence-corrected chi connectivity index (χ3v) is 3.31. The first-order chi connectivity index (χ1) is 8.22. The molecule has 17 heavy (non-hydrogen) atoms. The predicted octanol–water partition coefficient (Wildman–Crippen LogP) is 2.26. The lowest BCUT2D eigenvalue weighted by Gasteiger charge is -2.33. The van der Waals surface area contributed by atoms with Gasteiger partial charge in [0, 0.05) is 6.42 Å². The molecule has 0 spiro atoms. The quantitative estimate of drug-likeness (QED) is 0.437. The first-order valence-corrected chi connectivity index (χ1v) is 6.61. The Labute approximate surface area is 104 Å². The molecule has 3 nitrogen and oxygen atoms in total. The fourth-order valence-corrected chi connectivity index (χ4v) is 2.32. The van der Waals surface area contributed by atoms with Crippen LogP contribution in [0, 0.1) is 12.3 Å². The molecule has 1 fully saturated rings. The van der Waals surface area contributed by atoms with Crippen molar-refractivity contribution in [1.29, 1.82) is 0 Å². The highest BCUT2D eigenvalue weighted by atomic mass is 16.5. The fraction of sp³-hybridized carbons (Fsp3) is 0.786. The number of terminal acetylenes is 1. The van der Waals surface area contributed by atoms with Crippen LogP contribution in [0.1, 0.15) is 51.9 Å². The number of rotatable bonds is 6. The van der Waals surface area contributed by atoms with E-state index in [4.69, 9.17) is 11.2 Å². The summed E-state index contributed by atoms with van der Waals surface area (Å²) in [5.41, 5.74) is -0.118. The first-order valence-electron chi connectivity index (χ1n) is 6.61. The van der Waals surface area contributed by atoms with Crippen LogP contribution in [0.4, 0.5) is 0 Å². The number of carbonyl (C=O) groups excluding carboxylic acids is 1. The predicted molar refractivity (Wildman–Crippen MR) is 68.5 cm³/mol. The molecule has 1 rings (SSSR count). The topological polar surface area (TPSA) is 38.3 Å². The molecular formula is C14H23NO2. The van der Waals surface area contributed by atoms with Gasteiger partial charge in [0.2, 0.25) is 0 Å². The average molecular weight is 237 g/mol. The fourth-order valence-electron chi connectivity index (χ4n) is 2.32. The minimum atomic E-state index is -0.118. The Morgan fingerprint density at radius 3 is 2.71 bits per heavy atom. The molecule has 1 N–H and O–H groups in total. The lowest BCUT2D eigenvalue weighted by molar-refractivity contribution is -0.143.